The van der Waals surface area contributed by atoms with E-state index in [0.717, 1.165) is 34.5 Å². The third-order valence-electron chi connectivity index (χ3n) is 4.42. The Morgan fingerprint density at radius 3 is 2.87 bits per heavy atom. The van der Waals surface area contributed by atoms with Crippen molar-refractivity contribution in [2.24, 2.45) is 0 Å². The fraction of sp³-hybridized carbons (Fsp3) is 0.222. The van der Waals surface area contributed by atoms with Gasteiger partial charge in [0.2, 0.25) is 5.91 Å². The van der Waals surface area contributed by atoms with Gasteiger partial charge in [0.15, 0.2) is 0 Å². The summed E-state index contributed by atoms with van der Waals surface area (Å²) in [6.07, 6.45) is 4.02. The van der Waals surface area contributed by atoms with Crippen LogP contribution < -0.4 is 9.80 Å². The highest BCUT2D eigenvalue weighted by Gasteiger charge is 2.25. The SMILES string of the molecule is CN1CCN(C(=O)Cc2c[nH]c3ncccc23)c2ccccc21. The van der Waals surface area contributed by atoms with Crippen LogP contribution in [0.15, 0.2) is 48.8 Å². The lowest BCUT2D eigenvalue weighted by molar-refractivity contribution is -0.118. The quantitative estimate of drug-likeness (QED) is 0.792. The van der Waals surface area contributed by atoms with E-state index in [9.17, 15) is 4.79 Å². The number of carbonyl (C=O) groups is 1. The monoisotopic (exact) mass is 306 g/mol. The number of hydrogen-bond acceptors (Lipinski definition) is 3. The van der Waals surface area contributed by atoms with E-state index in [4.69, 9.17) is 0 Å². The van der Waals surface area contributed by atoms with E-state index in [1.165, 1.54) is 0 Å². The van der Waals surface area contributed by atoms with Crippen LogP contribution in [0.3, 0.4) is 0 Å². The number of H-pyrrole nitrogens is 1. The summed E-state index contributed by atoms with van der Waals surface area (Å²) in [6, 6.07) is 12.0. The number of anilines is 2. The molecule has 23 heavy (non-hydrogen) atoms. The molecule has 1 N–H and O–H groups in total. The Hall–Kier alpha value is -2.82. The standard InChI is InChI=1S/C18H18N4O/c1-21-9-10-22(16-7-3-2-6-15(16)21)17(23)11-13-12-20-18-14(13)5-4-8-19-18/h2-8,12H,9-11H2,1H3,(H,19,20). The van der Waals surface area contributed by atoms with Crippen molar-refractivity contribution in [1.29, 1.82) is 0 Å². The molecule has 5 nitrogen and oxygen atoms in total. The normalized spacial score (nSPS) is 14.1. The number of aromatic nitrogens is 2. The highest BCUT2D eigenvalue weighted by atomic mass is 16.2. The highest BCUT2D eigenvalue weighted by Crippen LogP contribution is 2.32. The van der Waals surface area contributed by atoms with Crippen molar-refractivity contribution >= 4 is 28.3 Å². The van der Waals surface area contributed by atoms with E-state index in [1.54, 1.807) is 6.20 Å². The molecule has 0 aliphatic carbocycles. The summed E-state index contributed by atoms with van der Waals surface area (Å²) in [7, 11) is 2.06. The summed E-state index contributed by atoms with van der Waals surface area (Å²) in [5.41, 5.74) is 3.92. The Balaban J connectivity index is 1.64. The smallest absolute Gasteiger partial charge is 0.231 e. The molecule has 3 aromatic rings. The second-order valence-electron chi connectivity index (χ2n) is 5.85. The number of fused-ring (bicyclic) bond motifs is 2. The number of nitrogens with zero attached hydrogens (tertiary/aromatic N) is 3. The van der Waals surface area contributed by atoms with Gasteiger partial charge in [-0.2, -0.15) is 0 Å². The fourth-order valence-electron chi connectivity index (χ4n) is 3.18. The van der Waals surface area contributed by atoms with Gasteiger partial charge >= 0.3 is 0 Å². The maximum absolute atomic E-state index is 12.9. The first-order chi connectivity index (χ1) is 11.2. The summed E-state index contributed by atoms with van der Waals surface area (Å²) in [5, 5.41) is 1.02. The molecule has 0 saturated carbocycles. The summed E-state index contributed by atoms with van der Waals surface area (Å²) in [4.78, 5) is 24.3. The fourth-order valence-corrected chi connectivity index (χ4v) is 3.18. The lowest BCUT2D eigenvalue weighted by atomic mass is 10.1. The number of benzene rings is 1. The molecule has 0 atom stereocenters. The van der Waals surface area contributed by atoms with E-state index < -0.39 is 0 Å². The Morgan fingerprint density at radius 1 is 1.17 bits per heavy atom. The van der Waals surface area contributed by atoms with Crippen molar-refractivity contribution in [3.05, 3.63) is 54.4 Å². The molecule has 0 saturated heterocycles. The maximum Gasteiger partial charge on any atom is 0.231 e. The van der Waals surface area contributed by atoms with Crippen LogP contribution >= 0.6 is 0 Å². The van der Waals surface area contributed by atoms with Crippen molar-refractivity contribution in [1.82, 2.24) is 9.97 Å². The summed E-state index contributed by atoms with van der Waals surface area (Å²) < 4.78 is 0. The number of carbonyl (C=O) groups excluding carboxylic acids is 1. The molecule has 4 rings (SSSR count). The Kier molecular flexibility index (Phi) is 3.26. The van der Waals surface area contributed by atoms with Crippen molar-refractivity contribution in [2.45, 2.75) is 6.42 Å². The van der Waals surface area contributed by atoms with Crippen LogP contribution in [0.1, 0.15) is 5.56 Å². The summed E-state index contributed by atoms with van der Waals surface area (Å²) >= 11 is 0. The number of rotatable bonds is 2. The van der Waals surface area contributed by atoms with E-state index >= 15 is 0 Å². The minimum absolute atomic E-state index is 0.121. The third kappa shape index (κ3) is 2.34. The van der Waals surface area contributed by atoms with Gasteiger partial charge in [-0.3, -0.25) is 4.79 Å². The van der Waals surface area contributed by atoms with Gasteiger partial charge in [0, 0.05) is 37.9 Å². The number of aromatic amines is 1. The molecule has 2 aromatic heterocycles. The lowest BCUT2D eigenvalue weighted by Gasteiger charge is -2.35. The molecule has 1 aliphatic heterocycles. The van der Waals surface area contributed by atoms with Crippen LogP contribution in [-0.2, 0) is 11.2 Å². The molecule has 0 spiro atoms. The van der Waals surface area contributed by atoms with Crippen LogP contribution in [0.25, 0.3) is 11.0 Å². The molecule has 3 heterocycles. The van der Waals surface area contributed by atoms with Gasteiger partial charge in [-0.25, -0.2) is 4.98 Å². The van der Waals surface area contributed by atoms with Crippen molar-refractivity contribution in [3.8, 4) is 0 Å². The maximum atomic E-state index is 12.9. The molecule has 1 aromatic carbocycles. The number of nitrogens with one attached hydrogen (secondary N) is 1. The zero-order valence-electron chi connectivity index (χ0n) is 13.0. The number of pyridine rings is 1. The molecule has 5 heteroatoms. The second kappa shape index (κ2) is 5.43. The molecule has 0 fully saturated rings. The number of hydrogen-bond donors (Lipinski definition) is 1. The number of likely N-dealkylation sites (N-methyl/N-ethyl adjacent to an activating group) is 1. The summed E-state index contributed by atoms with van der Waals surface area (Å²) in [6.45, 7) is 1.56. The lowest BCUT2D eigenvalue weighted by Crippen LogP contribution is -2.43. The molecule has 116 valence electrons. The van der Waals surface area contributed by atoms with Crippen LogP contribution in [0.4, 0.5) is 11.4 Å². The average Bonchev–Trinajstić information content (AvgIpc) is 2.98. The molecule has 0 unspecified atom stereocenters. The Bertz CT molecular complexity index is 870. The van der Waals surface area contributed by atoms with Gasteiger partial charge in [-0.15, -0.1) is 0 Å². The second-order valence-corrected chi connectivity index (χ2v) is 5.85. The molecule has 0 radical (unpaired) electrons. The van der Waals surface area contributed by atoms with Gasteiger partial charge in [-0.05, 0) is 29.8 Å². The highest BCUT2D eigenvalue weighted by molar-refractivity contribution is 6.00. The average molecular weight is 306 g/mol. The Morgan fingerprint density at radius 2 is 2.00 bits per heavy atom. The number of amides is 1. The molecule has 1 amide bonds. The minimum atomic E-state index is 0.121. The molecule has 0 bridgehead atoms. The Labute approximate surface area is 134 Å². The topological polar surface area (TPSA) is 52.2 Å². The predicted octanol–water partition coefficient (Wildman–Crippen LogP) is 2.59. The van der Waals surface area contributed by atoms with E-state index in [0.29, 0.717) is 13.0 Å². The van der Waals surface area contributed by atoms with E-state index in [2.05, 4.69) is 28.0 Å². The summed E-state index contributed by atoms with van der Waals surface area (Å²) in [5.74, 6) is 0.121. The van der Waals surface area contributed by atoms with Crippen LogP contribution in [0.5, 0.6) is 0 Å². The molecular formula is C18H18N4O. The first-order valence-electron chi connectivity index (χ1n) is 7.75. The van der Waals surface area contributed by atoms with Crippen LogP contribution in [0, 0.1) is 0 Å². The van der Waals surface area contributed by atoms with Crippen LogP contribution in [-0.4, -0.2) is 36.0 Å². The van der Waals surface area contributed by atoms with Gasteiger partial charge in [-0.1, -0.05) is 12.1 Å². The van der Waals surface area contributed by atoms with Gasteiger partial charge in [0.25, 0.3) is 0 Å². The zero-order chi connectivity index (χ0) is 15.8. The third-order valence-corrected chi connectivity index (χ3v) is 4.42. The van der Waals surface area contributed by atoms with E-state index in [1.807, 2.05) is 41.4 Å². The number of para-hydroxylation sites is 2. The first kappa shape index (κ1) is 13.8. The van der Waals surface area contributed by atoms with Gasteiger partial charge in [0.05, 0.1) is 17.8 Å². The molecular weight excluding hydrogens is 288 g/mol. The minimum Gasteiger partial charge on any atom is -0.371 e. The van der Waals surface area contributed by atoms with Gasteiger partial charge in [0.1, 0.15) is 5.65 Å². The van der Waals surface area contributed by atoms with Crippen molar-refractivity contribution in [2.75, 3.05) is 29.9 Å². The van der Waals surface area contributed by atoms with Gasteiger partial charge < -0.3 is 14.8 Å². The largest absolute Gasteiger partial charge is 0.371 e. The zero-order valence-corrected chi connectivity index (χ0v) is 13.0. The first-order valence-corrected chi connectivity index (χ1v) is 7.75. The van der Waals surface area contributed by atoms with Crippen LogP contribution in [0.2, 0.25) is 0 Å². The van der Waals surface area contributed by atoms with E-state index in [-0.39, 0.29) is 5.91 Å². The van der Waals surface area contributed by atoms with Crippen molar-refractivity contribution < 1.29 is 4.79 Å². The molecule has 1 aliphatic rings. The predicted molar refractivity (Wildman–Crippen MR) is 91.9 cm³/mol. The van der Waals surface area contributed by atoms with Crippen molar-refractivity contribution in [3.63, 3.8) is 0 Å².